The number of nitrogens with zero attached hydrogens (tertiary/aromatic N) is 1. The van der Waals surface area contributed by atoms with Gasteiger partial charge in [-0.3, -0.25) is 9.69 Å². The first kappa shape index (κ1) is 13.3. The molecule has 1 fully saturated rings. The average Bonchev–Trinajstić information content (AvgIpc) is 2.38. The van der Waals surface area contributed by atoms with Gasteiger partial charge in [-0.15, -0.1) is 0 Å². The predicted octanol–water partition coefficient (Wildman–Crippen LogP) is 3.33. The Morgan fingerprint density at radius 3 is 2.94 bits per heavy atom. The molecule has 0 aliphatic carbocycles. The van der Waals surface area contributed by atoms with Gasteiger partial charge in [0.05, 0.1) is 6.04 Å². The molecule has 1 saturated heterocycles. The third-order valence-corrected chi connectivity index (χ3v) is 3.80. The SMILES string of the molecule is CCC(=O)C1CCCCN1Cc1cccc(C)c1. The van der Waals surface area contributed by atoms with Crippen molar-refractivity contribution >= 4 is 5.78 Å². The van der Waals surface area contributed by atoms with Crippen LogP contribution in [0.1, 0.15) is 43.7 Å². The van der Waals surface area contributed by atoms with Crippen LogP contribution in [0.4, 0.5) is 0 Å². The maximum absolute atomic E-state index is 12.0. The van der Waals surface area contributed by atoms with Crippen LogP contribution in [0.25, 0.3) is 0 Å². The first-order valence-corrected chi connectivity index (χ1v) is 7.03. The fraction of sp³-hybridized carbons (Fsp3) is 0.562. The Morgan fingerprint density at radius 1 is 1.39 bits per heavy atom. The van der Waals surface area contributed by atoms with Gasteiger partial charge in [0.15, 0.2) is 0 Å². The highest BCUT2D eigenvalue weighted by molar-refractivity contribution is 5.83. The summed E-state index contributed by atoms with van der Waals surface area (Å²) in [5, 5.41) is 0. The van der Waals surface area contributed by atoms with E-state index in [1.54, 1.807) is 0 Å². The number of hydrogen-bond donors (Lipinski definition) is 0. The fourth-order valence-corrected chi connectivity index (χ4v) is 2.83. The average molecular weight is 245 g/mol. The molecule has 98 valence electrons. The van der Waals surface area contributed by atoms with E-state index in [-0.39, 0.29) is 6.04 Å². The Labute approximate surface area is 110 Å². The summed E-state index contributed by atoms with van der Waals surface area (Å²) in [6, 6.07) is 8.76. The van der Waals surface area contributed by atoms with E-state index < -0.39 is 0 Å². The lowest BCUT2D eigenvalue weighted by Gasteiger charge is -2.34. The van der Waals surface area contributed by atoms with Crippen molar-refractivity contribution in [3.8, 4) is 0 Å². The Morgan fingerprint density at radius 2 is 2.22 bits per heavy atom. The Bertz CT molecular complexity index is 413. The maximum atomic E-state index is 12.0. The van der Waals surface area contributed by atoms with Gasteiger partial charge in [-0.1, -0.05) is 43.2 Å². The van der Waals surface area contributed by atoms with Gasteiger partial charge < -0.3 is 0 Å². The number of likely N-dealkylation sites (tertiary alicyclic amines) is 1. The van der Waals surface area contributed by atoms with Gasteiger partial charge in [-0.2, -0.15) is 0 Å². The summed E-state index contributed by atoms with van der Waals surface area (Å²) >= 11 is 0. The molecule has 2 nitrogen and oxygen atoms in total. The molecule has 0 radical (unpaired) electrons. The van der Waals surface area contributed by atoms with E-state index in [1.165, 1.54) is 24.0 Å². The topological polar surface area (TPSA) is 20.3 Å². The van der Waals surface area contributed by atoms with Crippen molar-refractivity contribution in [3.05, 3.63) is 35.4 Å². The monoisotopic (exact) mass is 245 g/mol. The van der Waals surface area contributed by atoms with E-state index in [1.807, 2.05) is 6.92 Å². The zero-order valence-corrected chi connectivity index (χ0v) is 11.5. The summed E-state index contributed by atoms with van der Waals surface area (Å²) in [5.41, 5.74) is 2.62. The van der Waals surface area contributed by atoms with Crippen LogP contribution >= 0.6 is 0 Å². The number of rotatable bonds is 4. The zero-order valence-electron chi connectivity index (χ0n) is 11.5. The number of Topliss-reactive ketones (excluding diaryl/α,β-unsaturated/α-hetero) is 1. The summed E-state index contributed by atoms with van der Waals surface area (Å²) in [6.07, 6.45) is 4.12. The van der Waals surface area contributed by atoms with Crippen molar-refractivity contribution in [3.63, 3.8) is 0 Å². The number of carbonyl (C=O) groups excluding carboxylic acids is 1. The summed E-state index contributed by atoms with van der Waals surface area (Å²) < 4.78 is 0. The second-order valence-corrected chi connectivity index (χ2v) is 5.29. The number of hydrogen-bond acceptors (Lipinski definition) is 2. The first-order valence-electron chi connectivity index (χ1n) is 7.03. The molecule has 0 amide bonds. The van der Waals surface area contributed by atoms with Crippen molar-refractivity contribution in [2.75, 3.05) is 6.54 Å². The summed E-state index contributed by atoms with van der Waals surface area (Å²) in [4.78, 5) is 14.4. The largest absolute Gasteiger partial charge is 0.298 e. The van der Waals surface area contributed by atoms with Crippen LogP contribution in [0.5, 0.6) is 0 Å². The van der Waals surface area contributed by atoms with Crippen molar-refractivity contribution in [1.29, 1.82) is 0 Å². The highest BCUT2D eigenvalue weighted by atomic mass is 16.1. The molecule has 0 aromatic heterocycles. The molecule has 1 aliphatic heterocycles. The summed E-state index contributed by atoms with van der Waals surface area (Å²) in [7, 11) is 0. The molecule has 2 rings (SSSR count). The van der Waals surface area contributed by atoms with Gasteiger partial charge in [-0.25, -0.2) is 0 Å². The summed E-state index contributed by atoms with van der Waals surface area (Å²) in [6.45, 7) is 6.07. The molecule has 1 aromatic carbocycles. The van der Waals surface area contributed by atoms with Gasteiger partial charge in [-0.05, 0) is 31.9 Å². The molecule has 1 aromatic rings. The number of carbonyl (C=O) groups is 1. The lowest BCUT2D eigenvalue weighted by atomic mass is 9.96. The molecule has 1 unspecified atom stereocenters. The van der Waals surface area contributed by atoms with Crippen LogP contribution in [0, 0.1) is 6.92 Å². The molecule has 1 aliphatic rings. The zero-order chi connectivity index (χ0) is 13.0. The van der Waals surface area contributed by atoms with Crippen LogP contribution < -0.4 is 0 Å². The van der Waals surface area contributed by atoms with Crippen LogP contribution in [0.3, 0.4) is 0 Å². The van der Waals surface area contributed by atoms with Gasteiger partial charge in [0.25, 0.3) is 0 Å². The molecule has 2 heteroatoms. The van der Waals surface area contributed by atoms with Crippen LogP contribution in [-0.4, -0.2) is 23.3 Å². The normalized spacial score (nSPS) is 20.9. The number of aryl methyl sites for hydroxylation is 1. The van der Waals surface area contributed by atoms with Crippen molar-refractivity contribution < 1.29 is 4.79 Å². The minimum atomic E-state index is 0.157. The van der Waals surface area contributed by atoms with E-state index in [0.29, 0.717) is 12.2 Å². The Hall–Kier alpha value is -1.15. The fourth-order valence-electron chi connectivity index (χ4n) is 2.83. The predicted molar refractivity (Wildman–Crippen MR) is 74.5 cm³/mol. The van der Waals surface area contributed by atoms with Crippen LogP contribution in [-0.2, 0) is 11.3 Å². The van der Waals surface area contributed by atoms with Crippen molar-refractivity contribution in [2.24, 2.45) is 0 Å². The van der Waals surface area contributed by atoms with Crippen molar-refractivity contribution in [2.45, 2.75) is 52.1 Å². The molecular weight excluding hydrogens is 222 g/mol. The molecule has 1 heterocycles. The van der Waals surface area contributed by atoms with E-state index >= 15 is 0 Å². The molecular formula is C16H23NO. The van der Waals surface area contributed by atoms with Gasteiger partial charge in [0.1, 0.15) is 5.78 Å². The highest BCUT2D eigenvalue weighted by Gasteiger charge is 2.27. The molecule has 0 saturated carbocycles. The molecule has 0 spiro atoms. The first-order chi connectivity index (χ1) is 8.70. The lowest BCUT2D eigenvalue weighted by molar-refractivity contribution is -0.125. The van der Waals surface area contributed by atoms with Crippen molar-refractivity contribution in [1.82, 2.24) is 4.90 Å². The lowest BCUT2D eigenvalue weighted by Crippen LogP contribution is -2.43. The standard InChI is InChI=1S/C16H23NO/c1-3-16(18)15-9-4-5-10-17(15)12-14-8-6-7-13(2)11-14/h6-8,11,15H,3-5,9-10,12H2,1-2H3. The van der Waals surface area contributed by atoms with E-state index in [4.69, 9.17) is 0 Å². The highest BCUT2D eigenvalue weighted by Crippen LogP contribution is 2.21. The molecule has 1 atom stereocenters. The van der Waals surface area contributed by atoms with Gasteiger partial charge in [0.2, 0.25) is 0 Å². The Balaban J connectivity index is 2.07. The van der Waals surface area contributed by atoms with E-state index in [0.717, 1.165) is 19.5 Å². The van der Waals surface area contributed by atoms with E-state index in [9.17, 15) is 4.79 Å². The summed E-state index contributed by atoms with van der Waals surface area (Å²) in [5.74, 6) is 0.405. The smallest absolute Gasteiger partial charge is 0.149 e. The maximum Gasteiger partial charge on any atom is 0.149 e. The quantitative estimate of drug-likeness (QED) is 0.811. The second-order valence-electron chi connectivity index (χ2n) is 5.29. The third-order valence-electron chi connectivity index (χ3n) is 3.80. The Kier molecular flexibility index (Phi) is 4.54. The van der Waals surface area contributed by atoms with Crippen LogP contribution in [0.2, 0.25) is 0 Å². The molecule has 18 heavy (non-hydrogen) atoms. The molecule has 0 bridgehead atoms. The van der Waals surface area contributed by atoms with Gasteiger partial charge >= 0.3 is 0 Å². The molecule has 0 N–H and O–H groups in total. The second kappa shape index (κ2) is 6.14. The minimum absolute atomic E-state index is 0.157. The number of ketones is 1. The third kappa shape index (κ3) is 3.20. The van der Waals surface area contributed by atoms with E-state index in [2.05, 4.69) is 36.1 Å². The van der Waals surface area contributed by atoms with Gasteiger partial charge in [0, 0.05) is 13.0 Å². The van der Waals surface area contributed by atoms with Crippen LogP contribution in [0.15, 0.2) is 24.3 Å². The number of piperidine rings is 1. The minimum Gasteiger partial charge on any atom is -0.298 e. The number of benzene rings is 1.